The average molecular weight is 463 g/mol. The summed E-state index contributed by atoms with van der Waals surface area (Å²) < 4.78 is 7.48. The van der Waals surface area contributed by atoms with Crippen LogP contribution in [-0.4, -0.2) is 58.7 Å². The fourth-order valence-corrected chi connectivity index (χ4v) is 2.96. The summed E-state index contributed by atoms with van der Waals surface area (Å²) in [4.78, 5) is 22.6. The number of guanidine groups is 1. The van der Waals surface area contributed by atoms with Gasteiger partial charge in [-0.2, -0.15) is 0 Å². The van der Waals surface area contributed by atoms with Crippen molar-refractivity contribution in [1.82, 2.24) is 19.8 Å². The molecule has 0 amide bonds. The molecular formula is C17H30IN5O2. The number of carbonyl (C=O) groups is 1. The Morgan fingerprint density at radius 3 is 2.72 bits per heavy atom. The summed E-state index contributed by atoms with van der Waals surface area (Å²) in [5.41, 5.74) is -0.477. The molecule has 0 aliphatic carbocycles. The first-order valence-corrected chi connectivity index (χ1v) is 8.45. The minimum absolute atomic E-state index is 0. The molecule has 1 fully saturated rings. The number of hydrogen-bond donors (Lipinski definition) is 1. The van der Waals surface area contributed by atoms with Crippen molar-refractivity contribution in [2.75, 3.05) is 26.7 Å². The van der Waals surface area contributed by atoms with Gasteiger partial charge in [-0.3, -0.25) is 9.79 Å². The molecule has 1 aliphatic heterocycles. The number of rotatable bonds is 3. The molecule has 2 unspecified atom stereocenters. The van der Waals surface area contributed by atoms with Crippen LogP contribution in [-0.2, 0) is 9.53 Å². The molecule has 2 heterocycles. The molecule has 2 atom stereocenters. The van der Waals surface area contributed by atoms with E-state index in [1.165, 1.54) is 0 Å². The number of aromatic nitrogens is 2. The van der Waals surface area contributed by atoms with Crippen LogP contribution in [0.4, 0.5) is 0 Å². The second-order valence-electron chi connectivity index (χ2n) is 7.28. The molecule has 0 aromatic carbocycles. The number of nitrogens with zero attached hydrogens (tertiary/aromatic N) is 4. The average Bonchev–Trinajstić information content (AvgIpc) is 3.01. The standard InChI is InChI=1S/C17H29N5O2.HI/c1-13-6-8-21(11-14(13)22-9-7-19-12-22)16(18-5)20-10-15(23)24-17(2,3)4;/h7,9,12-14H,6,8,10-11H2,1-5H3,(H,18,20);1H. The molecular weight excluding hydrogens is 433 g/mol. The van der Waals surface area contributed by atoms with Crippen LogP contribution in [0.25, 0.3) is 0 Å². The van der Waals surface area contributed by atoms with Crippen molar-refractivity contribution in [3.05, 3.63) is 18.7 Å². The molecule has 0 radical (unpaired) electrons. The van der Waals surface area contributed by atoms with E-state index in [-0.39, 0.29) is 36.5 Å². The van der Waals surface area contributed by atoms with E-state index in [9.17, 15) is 4.79 Å². The molecule has 1 aliphatic rings. The van der Waals surface area contributed by atoms with Gasteiger partial charge in [0.05, 0.1) is 12.4 Å². The van der Waals surface area contributed by atoms with Crippen LogP contribution in [0.1, 0.15) is 40.2 Å². The summed E-state index contributed by atoms with van der Waals surface area (Å²) >= 11 is 0. The van der Waals surface area contributed by atoms with Gasteiger partial charge in [0.25, 0.3) is 0 Å². The molecule has 25 heavy (non-hydrogen) atoms. The fraction of sp³-hybridized carbons (Fsp3) is 0.706. The highest BCUT2D eigenvalue weighted by molar-refractivity contribution is 14.0. The zero-order valence-corrected chi connectivity index (χ0v) is 18.1. The SMILES string of the molecule is CN=C(NCC(=O)OC(C)(C)C)N1CCC(C)C(n2ccnc2)C1.I. The third-order valence-corrected chi connectivity index (χ3v) is 4.15. The van der Waals surface area contributed by atoms with E-state index in [1.807, 2.05) is 33.3 Å². The molecule has 0 saturated carbocycles. The Bertz CT molecular complexity index is 568. The van der Waals surface area contributed by atoms with Gasteiger partial charge in [0.2, 0.25) is 0 Å². The van der Waals surface area contributed by atoms with Crippen LogP contribution >= 0.6 is 24.0 Å². The smallest absolute Gasteiger partial charge is 0.325 e. The van der Waals surface area contributed by atoms with Crippen LogP contribution in [0, 0.1) is 5.92 Å². The summed E-state index contributed by atoms with van der Waals surface area (Å²) in [6.45, 7) is 9.72. The van der Waals surface area contributed by atoms with Crippen molar-refractivity contribution in [2.24, 2.45) is 10.9 Å². The van der Waals surface area contributed by atoms with Gasteiger partial charge in [0.15, 0.2) is 5.96 Å². The third kappa shape index (κ3) is 6.48. The van der Waals surface area contributed by atoms with Crippen LogP contribution in [0.3, 0.4) is 0 Å². The van der Waals surface area contributed by atoms with E-state index < -0.39 is 5.60 Å². The van der Waals surface area contributed by atoms with Crippen molar-refractivity contribution >= 4 is 35.9 Å². The van der Waals surface area contributed by atoms with Crippen molar-refractivity contribution in [1.29, 1.82) is 0 Å². The van der Waals surface area contributed by atoms with Gasteiger partial charge >= 0.3 is 5.97 Å². The van der Waals surface area contributed by atoms with Gasteiger partial charge in [-0.05, 0) is 33.1 Å². The Balaban J connectivity index is 0.00000312. The number of esters is 1. The number of hydrogen-bond acceptors (Lipinski definition) is 4. The zero-order chi connectivity index (χ0) is 17.7. The van der Waals surface area contributed by atoms with Crippen molar-refractivity contribution in [3.63, 3.8) is 0 Å². The maximum atomic E-state index is 11.9. The predicted octanol–water partition coefficient (Wildman–Crippen LogP) is 2.30. The molecule has 1 aromatic heterocycles. The van der Waals surface area contributed by atoms with Gasteiger partial charge in [0.1, 0.15) is 12.1 Å². The van der Waals surface area contributed by atoms with Gasteiger partial charge in [-0.25, -0.2) is 4.98 Å². The molecule has 7 nitrogen and oxygen atoms in total. The molecule has 1 aromatic rings. The summed E-state index contributed by atoms with van der Waals surface area (Å²) in [6, 6.07) is 0.348. The lowest BCUT2D eigenvalue weighted by atomic mass is 9.93. The maximum Gasteiger partial charge on any atom is 0.325 e. The predicted molar refractivity (Wildman–Crippen MR) is 109 cm³/mol. The minimum atomic E-state index is -0.477. The van der Waals surface area contributed by atoms with Gasteiger partial charge in [-0.1, -0.05) is 6.92 Å². The van der Waals surface area contributed by atoms with Gasteiger partial charge < -0.3 is 19.5 Å². The largest absolute Gasteiger partial charge is 0.459 e. The number of nitrogens with one attached hydrogen (secondary N) is 1. The monoisotopic (exact) mass is 463 g/mol. The van der Waals surface area contributed by atoms with Crippen molar-refractivity contribution in [2.45, 2.75) is 45.8 Å². The maximum absolute atomic E-state index is 11.9. The van der Waals surface area contributed by atoms with Crippen LogP contribution in [0.2, 0.25) is 0 Å². The molecule has 2 rings (SSSR count). The number of ether oxygens (including phenoxy) is 1. The lowest BCUT2D eigenvalue weighted by Gasteiger charge is -2.39. The highest BCUT2D eigenvalue weighted by Crippen LogP contribution is 2.27. The fourth-order valence-electron chi connectivity index (χ4n) is 2.96. The second-order valence-corrected chi connectivity index (χ2v) is 7.28. The normalized spacial score (nSPS) is 21.5. The quantitative estimate of drug-likeness (QED) is 0.323. The van der Waals surface area contributed by atoms with Crippen molar-refractivity contribution < 1.29 is 9.53 Å². The molecule has 1 saturated heterocycles. The highest BCUT2D eigenvalue weighted by atomic mass is 127. The summed E-state index contributed by atoms with van der Waals surface area (Å²) in [5, 5.41) is 3.12. The van der Waals surface area contributed by atoms with E-state index in [0.717, 1.165) is 25.5 Å². The minimum Gasteiger partial charge on any atom is -0.459 e. The van der Waals surface area contributed by atoms with Crippen LogP contribution in [0.5, 0.6) is 0 Å². The van der Waals surface area contributed by atoms with E-state index in [1.54, 1.807) is 13.2 Å². The molecule has 0 bridgehead atoms. The first-order valence-electron chi connectivity index (χ1n) is 8.45. The lowest BCUT2D eigenvalue weighted by Crippen LogP contribution is -2.50. The van der Waals surface area contributed by atoms with E-state index in [0.29, 0.717) is 12.0 Å². The Labute approximate surface area is 167 Å². The Hall–Kier alpha value is -1.32. The van der Waals surface area contributed by atoms with Gasteiger partial charge in [0, 0.05) is 32.5 Å². The number of piperidine rings is 1. The van der Waals surface area contributed by atoms with E-state index >= 15 is 0 Å². The van der Waals surface area contributed by atoms with E-state index in [2.05, 4.69) is 31.7 Å². The molecule has 8 heteroatoms. The van der Waals surface area contributed by atoms with E-state index in [4.69, 9.17) is 4.74 Å². The number of aliphatic imine (C=N–C) groups is 1. The number of likely N-dealkylation sites (tertiary alicyclic amines) is 1. The summed E-state index contributed by atoms with van der Waals surface area (Å²) in [5.74, 6) is 1.03. The van der Waals surface area contributed by atoms with Gasteiger partial charge in [-0.15, -0.1) is 24.0 Å². The topological polar surface area (TPSA) is 71.8 Å². The first-order chi connectivity index (χ1) is 11.3. The number of carbonyl (C=O) groups excluding carboxylic acids is 1. The third-order valence-electron chi connectivity index (χ3n) is 4.15. The van der Waals surface area contributed by atoms with Crippen LogP contribution in [0.15, 0.2) is 23.7 Å². The molecule has 142 valence electrons. The second kappa shape index (κ2) is 9.40. The summed E-state index contributed by atoms with van der Waals surface area (Å²) in [7, 11) is 1.74. The van der Waals surface area contributed by atoms with Crippen LogP contribution < -0.4 is 5.32 Å². The Morgan fingerprint density at radius 2 is 2.16 bits per heavy atom. The zero-order valence-electron chi connectivity index (χ0n) is 15.7. The lowest BCUT2D eigenvalue weighted by molar-refractivity contribution is -0.153. The number of imidazole rings is 1. The molecule has 1 N–H and O–H groups in total. The number of halogens is 1. The Kier molecular flexibility index (Phi) is 8.17. The molecule has 0 spiro atoms. The highest BCUT2D eigenvalue weighted by Gasteiger charge is 2.29. The van der Waals surface area contributed by atoms with Crippen molar-refractivity contribution in [3.8, 4) is 0 Å². The summed E-state index contributed by atoms with van der Waals surface area (Å²) in [6.07, 6.45) is 6.74. The first kappa shape index (κ1) is 21.7. The Morgan fingerprint density at radius 1 is 1.44 bits per heavy atom.